The first-order valence-electron chi connectivity index (χ1n) is 6.45. The van der Waals surface area contributed by atoms with Crippen LogP contribution in [-0.2, 0) is 6.54 Å². The second-order valence-electron chi connectivity index (χ2n) is 5.03. The van der Waals surface area contributed by atoms with Crippen LogP contribution in [0.15, 0.2) is 53.0 Å². The van der Waals surface area contributed by atoms with Gasteiger partial charge < -0.3 is 4.57 Å². The van der Waals surface area contributed by atoms with Gasteiger partial charge in [0.2, 0.25) is 0 Å². The first kappa shape index (κ1) is 12.5. The van der Waals surface area contributed by atoms with Crippen molar-refractivity contribution in [3.8, 4) is 0 Å². The van der Waals surface area contributed by atoms with Crippen molar-refractivity contribution in [2.24, 2.45) is 0 Å². The van der Waals surface area contributed by atoms with E-state index >= 15 is 0 Å². The van der Waals surface area contributed by atoms with Gasteiger partial charge in [-0.2, -0.15) is 0 Å². The molecule has 0 radical (unpaired) electrons. The molecule has 2 aromatic carbocycles. The van der Waals surface area contributed by atoms with Crippen molar-refractivity contribution >= 4 is 26.8 Å². The smallest absolute Gasteiger partial charge is 0.0489 e. The number of benzene rings is 2. The molecule has 0 saturated heterocycles. The number of para-hydroxylation sites is 1. The van der Waals surface area contributed by atoms with Crippen LogP contribution >= 0.6 is 15.9 Å². The number of aryl methyl sites for hydroxylation is 2. The van der Waals surface area contributed by atoms with Gasteiger partial charge in [-0.15, -0.1) is 0 Å². The molecular formula is C17H16BrN. The fourth-order valence-electron chi connectivity index (χ4n) is 2.51. The van der Waals surface area contributed by atoms with Gasteiger partial charge in [-0.05, 0) is 48.6 Å². The van der Waals surface area contributed by atoms with E-state index in [9.17, 15) is 0 Å². The Bertz CT molecular complexity index is 740. The van der Waals surface area contributed by atoms with Crippen LogP contribution in [0, 0.1) is 13.8 Å². The maximum atomic E-state index is 3.67. The highest BCUT2D eigenvalue weighted by Crippen LogP contribution is 2.24. The highest BCUT2D eigenvalue weighted by Gasteiger charge is 2.07. The van der Waals surface area contributed by atoms with Crippen LogP contribution in [0.5, 0.6) is 0 Å². The lowest BCUT2D eigenvalue weighted by Gasteiger charge is -2.11. The highest BCUT2D eigenvalue weighted by atomic mass is 79.9. The summed E-state index contributed by atoms with van der Waals surface area (Å²) >= 11 is 3.67. The molecule has 0 atom stereocenters. The van der Waals surface area contributed by atoms with E-state index in [4.69, 9.17) is 0 Å². The van der Waals surface area contributed by atoms with Crippen molar-refractivity contribution < 1.29 is 0 Å². The Hall–Kier alpha value is -1.54. The summed E-state index contributed by atoms with van der Waals surface area (Å²) in [4.78, 5) is 0. The number of hydrogen-bond donors (Lipinski definition) is 0. The predicted octanol–water partition coefficient (Wildman–Crippen LogP) is 5.07. The van der Waals surface area contributed by atoms with Gasteiger partial charge in [-0.3, -0.25) is 0 Å². The SMILES string of the molecule is Cc1ccc(Cn2c(C)cc3ccccc32)c(Br)c1. The van der Waals surface area contributed by atoms with Crippen LogP contribution in [0.1, 0.15) is 16.8 Å². The van der Waals surface area contributed by atoms with E-state index in [1.807, 2.05) is 0 Å². The lowest BCUT2D eigenvalue weighted by molar-refractivity contribution is 0.801. The fraction of sp³-hybridized carbons (Fsp3) is 0.176. The van der Waals surface area contributed by atoms with Crippen LogP contribution in [0.4, 0.5) is 0 Å². The Kier molecular flexibility index (Phi) is 3.19. The third kappa shape index (κ3) is 2.33. The Morgan fingerprint density at radius 3 is 2.58 bits per heavy atom. The maximum Gasteiger partial charge on any atom is 0.0489 e. The van der Waals surface area contributed by atoms with E-state index in [1.54, 1.807) is 0 Å². The summed E-state index contributed by atoms with van der Waals surface area (Å²) < 4.78 is 3.55. The number of nitrogens with zero attached hydrogens (tertiary/aromatic N) is 1. The van der Waals surface area contributed by atoms with Crippen molar-refractivity contribution in [1.29, 1.82) is 0 Å². The molecule has 0 fully saturated rings. The Morgan fingerprint density at radius 2 is 1.79 bits per heavy atom. The molecule has 3 rings (SSSR count). The van der Waals surface area contributed by atoms with Gasteiger partial charge in [0.1, 0.15) is 0 Å². The molecule has 3 aromatic rings. The summed E-state index contributed by atoms with van der Waals surface area (Å²) in [5, 5.41) is 1.31. The van der Waals surface area contributed by atoms with Crippen molar-refractivity contribution in [2.75, 3.05) is 0 Å². The second-order valence-corrected chi connectivity index (χ2v) is 5.88. The number of hydrogen-bond acceptors (Lipinski definition) is 0. The van der Waals surface area contributed by atoms with Gasteiger partial charge in [0.15, 0.2) is 0 Å². The summed E-state index contributed by atoms with van der Waals surface area (Å²) in [7, 11) is 0. The summed E-state index contributed by atoms with van der Waals surface area (Å²) in [6.45, 7) is 5.19. The molecular weight excluding hydrogens is 298 g/mol. The molecule has 1 aromatic heterocycles. The molecule has 0 spiro atoms. The topological polar surface area (TPSA) is 4.93 Å². The standard InChI is InChI=1S/C17H16BrN/c1-12-7-8-15(16(18)9-12)11-19-13(2)10-14-5-3-4-6-17(14)19/h3-10H,11H2,1-2H3. The molecule has 0 bridgehead atoms. The van der Waals surface area contributed by atoms with Gasteiger partial charge in [0, 0.05) is 22.2 Å². The van der Waals surface area contributed by atoms with Crippen LogP contribution in [0.25, 0.3) is 10.9 Å². The summed E-state index contributed by atoms with van der Waals surface area (Å²) in [5.41, 5.74) is 5.20. The zero-order valence-electron chi connectivity index (χ0n) is 11.2. The van der Waals surface area contributed by atoms with Gasteiger partial charge in [-0.25, -0.2) is 0 Å². The molecule has 0 N–H and O–H groups in total. The first-order valence-corrected chi connectivity index (χ1v) is 7.24. The van der Waals surface area contributed by atoms with E-state index < -0.39 is 0 Å². The second kappa shape index (κ2) is 4.86. The number of rotatable bonds is 2. The predicted molar refractivity (Wildman–Crippen MR) is 84.7 cm³/mol. The van der Waals surface area contributed by atoms with Crippen molar-refractivity contribution in [1.82, 2.24) is 4.57 Å². The summed E-state index contributed by atoms with van der Waals surface area (Å²) in [6.07, 6.45) is 0. The zero-order chi connectivity index (χ0) is 13.4. The molecule has 19 heavy (non-hydrogen) atoms. The van der Waals surface area contributed by atoms with E-state index in [0.717, 1.165) is 6.54 Å². The molecule has 0 aliphatic rings. The van der Waals surface area contributed by atoms with E-state index in [-0.39, 0.29) is 0 Å². The van der Waals surface area contributed by atoms with Crippen LogP contribution in [-0.4, -0.2) is 4.57 Å². The normalized spacial score (nSPS) is 11.1. The molecule has 0 amide bonds. The molecule has 1 heterocycles. The zero-order valence-corrected chi connectivity index (χ0v) is 12.7. The first-order chi connectivity index (χ1) is 9.15. The van der Waals surface area contributed by atoms with E-state index in [1.165, 1.54) is 32.2 Å². The maximum absolute atomic E-state index is 3.67. The molecule has 96 valence electrons. The van der Waals surface area contributed by atoms with Crippen LogP contribution < -0.4 is 0 Å². The lowest BCUT2D eigenvalue weighted by atomic mass is 10.1. The van der Waals surface area contributed by atoms with Crippen molar-refractivity contribution in [3.05, 3.63) is 69.8 Å². The number of halogens is 1. The van der Waals surface area contributed by atoms with Crippen molar-refractivity contribution in [2.45, 2.75) is 20.4 Å². The van der Waals surface area contributed by atoms with Crippen LogP contribution in [0.2, 0.25) is 0 Å². The Morgan fingerprint density at radius 1 is 1.00 bits per heavy atom. The Labute approximate surface area is 122 Å². The van der Waals surface area contributed by atoms with E-state index in [2.05, 4.69) is 82.9 Å². The average molecular weight is 314 g/mol. The quantitative estimate of drug-likeness (QED) is 0.622. The Balaban J connectivity index is 2.08. The number of aromatic nitrogens is 1. The van der Waals surface area contributed by atoms with Crippen LogP contribution in [0.3, 0.4) is 0 Å². The minimum atomic E-state index is 0.903. The molecule has 0 aliphatic carbocycles. The van der Waals surface area contributed by atoms with E-state index in [0.29, 0.717) is 0 Å². The van der Waals surface area contributed by atoms with Gasteiger partial charge >= 0.3 is 0 Å². The largest absolute Gasteiger partial charge is 0.340 e. The van der Waals surface area contributed by atoms with Crippen molar-refractivity contribution in [3.63, 3.8) is 0 Å². The lowest BCUT2D eigenvalue weighted by Crippen LogP contribution is -2.02. The summed E-state index contributed by atoms with van der Waals surface area (Å²) in [6, 6.07) is 17.3. The number of fused-ring (bicyclic) bond motifs is 1. The molecule has 0 aliphatic heterocycles. The third-order valence-electron chi connectivity index (χ3n) is 3.55. The minimum Gasteiger partial charge on any atom is -0.340 e. The van der Waals surface area contributed by atoms with Gasteiger partial charge in [-0.1, -0.05) is 46.3 Å². The molecule has 0 saturated carbocycles. The average Bonchev–Trinajstić information content (AvgIpc) is 2.69. The minimum absolute atomic E-state index is 0.903. The molecule has 0 unspecified atom stereocenters. The molecule has 1 nitrogen and oxygen atoms in total. The van der Waals surface area contributed by atoms with Gasteiger partial charge in [0.25, 0.3) is 0 Å². The van der Waals surface area contributed by atoms with Gasteiger partial charge in [0.05, 0.1) is 0 Å². The third-order valence-corrected chi connectivity index (χ3v) is 4.29. The molecule has 2 heteroatoms. The fourth-order valence-corrected chi connectivity index (χ4v) is 3.13. The highest BCUT2D eigenvalue weighted by molar-refractivity contribution is 9.10. The summed E-state index contributed by atoms with van der Waals surface area (Å²) in [5.74, 6) is 0. The monoisotopic (exact) mass is 313 g/mol.